The lowest BCUT2D eigenvalue weighted by atomic mass is 10.0. The van der Waals surface area contributed by atoms with Crippen LogP contribution in [-0.2, 0) is 0 Å². The molecule has 0 aliphatic heterocycles. The normalized spacial score (nSPS) is 11.6. The Labute approximate surface area is 184 Å². The second kappa shape index (κ2) is 22.7. The van der Waals surface area contributed by atoms with Gasteiger partial charge in [-0.25, -0.2) is 0 Å². The summed E-state index contributed by atoms with van der Waals surface area (Å²) >= 11 is 0. The van der Waals surface area contributed by atoms with Crippen LogP contribution in [0.15, 0.2) is 0 Å². The summed E-state index contributed by atoms with van der Waals surface area (Å²) in [6, 6.07) is 0. The lowest BCUT2D eigenvalue weighted by molar-refractivity contribution is -0.910. The van der Waals surface area contributed by atoms with Gasteiger partial charge in [0.1, 0.15) is 0 Å². The van der Waals surface area contributed by atoms with Crippen molar-refractivity contribution in [3.05, 3.63) is 0 Å². The van der Waals surface area contributed by atoms with Gasteiger partial charge in [-0.05, 0) is 25.7 Å². The summed E-state index contributed by atoms with van der Waals surface area (Å²) in [4.78, 5) is 0. The Balaban J connectivity index is 0. The van der Waals surface area contributed by atoms with E-state index < -0.39 is 0 Å². The first kappa shape index (κ1) is 29.6. The molecule has 0 aliphatic carbocycles. The summed E-state index contributed by atoms with van der Waals surface area (Å²) in [6.45, 7) is 11.2. The standard InChI is InChI=1S/C25H54N.BrH/c1-5-8-11-12-13-14-15-16-17-18-19-20-21-22-25-26(4,23-9-6-2)24-10-7-3;/h5-25H2,1-4H3;1H/q+1;/p-1. The zero-order valence-corrected chi connectivity index (χ0v) is 21.3. The quantitative estimate of drug-likeness (QED) is 0.160. The van der Waals surface area contributed by atoms with E-state index in [1.54, 1.807) is 0 Å². The average Bonchev–Trinajstić information content (AvgIpc) is 2.65. The highest BCUT2D eigenvalue weighted by atomic mass is 79.9. The summed E-state index contributed by atoms with van der Waals surface area (Å²) in [7, 11) is 2.51. The highest BCUT2D eigenvalue weighted by molar-refractivity contribution is 4.50. The summed E-state index contributed by atoms with van der Waals surface area (Å²) < 4.78 is 1.33. The van der Waals surface area contributed by atoms with Gasteiger partial charge in [0, 0.05) is 0 Å². The maximum Gasteiger partial charge on any atom is 0.0784 e. The second-order valence-corrected chi connectivity index (χ2v) is 9.09. The molecular weight excluding hydrogens is 394 g/mol. The van der Waals surface area contributed by atoms with E-state index in [0.29, 0.717) is 0 Å². The Morgan fingerprint density at radius 2 is 0.630 bits per heavy atom. The van der Waals surface area contributed by atoms with Gasteiger partial charge in [-0.15, -0.1) is 0 Å². The van der Waals surface area contributed by atoms with Gasteiger partial charge in [-0.1, -0.05) is 111 Å². The Bertz CT molecular complexity index is 259. The van der Waals surface area contributed by atoms with Crippen LogP contribution >= 0.6 is 0 Å². The molecule has 0 unspecified atom stereocenters. The van der Waals surface area contributed by atoms with Gasteiger partial charge < -0.3 is 21.5 Å². The van der Waals surface area contributed by atoms with Gasteiger partial charge in [0.25, 0.3) is 0 Å². The van der Waals surface area contributed by atoms with Crippen molar-refractivity contribution in [1.82, 2.24) is 0 Å². The maximum atomic E-state index is 2.51. The number of rotatable bonds is 21. The van der Waals surface area contributed by atoms with Crippen LogP contribution in [0.5, 0.6) is 0 Å². The van der Waals surface area contributed by atoms with E-state index in [2.05, 4.69) is 27.8 Å². The first-order chi connectivity index (χ1) is 12.7. The summed E-state index contributed by atoms with van der Waals surface area (Å²) in [6.07, 6.45) is 26.0. The largest absolute Gasteiger partial charge is 1.00 e. The molecular formula is C25H54BrN. The smallest absolute Gasteiger partial charge is 0.0784 e. The lowest BCUT2D eigenvalue weighted by Crippen LogP contribution is -3.00. The zero-order chi connectivity index (χ0) is 19.3. The SMILES string of the molecule is CCCCCCCCCCCCCCCC[N+](C)(CCCC)CCCC.[Br-]. The highest BCUT2D eigenvalue weighted by Gasteiger charge is 2.19. The Kier molecular flexibility index (Phi) is 24.9. The molecule has 27 heavy (non-hydrogen) atoms. The van der Waals surface area contributed by atoms with Crippen molar-refractivity contribution >= 4 is 0 Å². The molecule has 0 N–H and O–H groups in total. The van der Waals surface area contributed by atoms with Crippen molar-refractivity contribution in [3.8, 4) is 0 Å². The van der Waals surface area contributed by atoms with Crippen LogP contribution in [0.3, 0.4) is 0 Å². The maximum absolute atomic E-state index is 2.51. The molecule has 0 bridgehead atoms. The number of hydrogen-bond acceptors (Lipinski definition) is 0. The Morgan fingerprint density at radius 1 is 0.370 bits per heavy atom. The molecule has 0 rings (SSSR count). The highest BCUT2D eigenvalue weighted by Crippen LogP contribution is 2.15. The molecule has 0 aromatic rings. The van der Waals surface area contributed by atoms with E-state index in [1.165, 1.54) is 140 Å². The molecule has 0 heterocycles. The number of halogens is 1. The van der Waals surface area contributed by atoms with Crippen LogP contribution in [0.25, 0.3) is 0 Å². The summed E-state index contributed by atoms with van der Waals surface area (Å²) in [5, 5.41) is 0. The number of quaternary nitrogens is 1. The molecule has 0 aliphatic rings. The van der Waals surface area contributed by atoms with E-state index in [0.717, 1.165) is 0 Å². The van der Waals surface area contributed by atoms with Gasteiger partial charge in [-0.2, -0.15) is 0 Å². The predicted octanol–water partition coefficient (Wildman–Crippen LogP) is 5.52. The number of hydrogen-bond donors (Lipinski definition) is 0. The molecule has 0 aromatic carbocycles. The Hall–Kier alpha value is 0.440. The molecule has 0 radical (unpaired) electrons. The van der Waals surface area contributed by atoms with Gasteiger partial charge in [-0.3, -0.25) is 0 Å². The van der Waals surface area contributed by atoms with Crippen LogP contribution in [0.2, 0.25) is 0 Å². The van der Waals surface area contributed by atoms with E-state index >= 15 is 0 Å². The third-order valence-corrected chi connectivity index (χ3v) is 6.15. The van der Waals surface area contributed by atoms with Crippen molar-refractivity contribution < 1.29 is 21.5 Å². The molecule has 2 heteroatoms. The topological polar surface area (TPSA) is 0 Å². The van der Waals surface area contributed by atoms with E-state index in [1.807, 2.05) is 0 Å². The monoisotopic (exact) mass is 447 g/mol. The average molecular weight is 449 g/mol. The molecule has 166 valence electrons. The minimum absolute atomic E-state index is 0. The molecule has 0 saturated carbocycles. The third kappa shape index (κ3) is 21.0. The molecule has 0 saturated heterocycles. The van der Waals surface area contributed by atoms with Crippen molar-refractivity contribution in [1.29, 1.82) is 0 Å². The van der Waals surface area contributed by atoms with E-state index in [4.69, 9.17) is 0 Å². The molecule has 0 aromatic heterocycles. The fourth-order valence-electron chi connectivity index (χ4n) is 4.10. The fraction of sp³-hybridized carbons (Fsp3) is 1.00. The van der Waals surface area contributed by atoms with Crippen molar-refractivity contribution in [2.45, 2.75) is 136 Å². The van der Waals surface area contributed by atoms with Gasteiger partial charge in [0.15, 0.2) is 0 Å². The first-order valence-corrected chi connectivity index (χ1v) is 12.5. The minimum Gasteiger partial charge on any atom is -1.00 e. The lowest BCUT2D eigenvalue weighted by Gasteiger charge is -2.35. The second-order valence-electron chi connectivity index (χ2n) is 9.09. The number of nitrogens with zero attached hydrogens (tertiary/aromatic N) is 1. The van der Waals surface area contributed by atoms with Crippen LogP contribution in [0.4, 0.5) is 0 Å². The van der Waals surface area contributed by atoms with Crippen molar-refractivity contribution in [2.75, 3.05) is 26.7 Å². The number of unbranched alkanes of at least 4 members (excludes halogenated alkanes) is 15. The van der Waals surface area contributed by atoms with Crippen molar-refractivity contribution in [2.24, 2.45) is 0 Å². The molecule has 0 fully saturated rings. The van der Waals surface area contributed by atoms with Gasteiger partial charge >= 0.3 is 0 Å². The van der Waals surface area contributed by atoms with Crippen LogP contribution in [0, 0.1) is 0 Å². The van der Waals surface area contributed by atoms with Gasteiger partial charge in [0.05, 0.1) is 26.7 Å². The first-order valence-electron chi connectivity index (χ1n) is 12.5. The van der Waals surface area contributed by atoms with E-state index in [-0.39, 0.29) is 17.0 Å². The zero-order valence-electron chi connectivity index (χ0n) is 19.7. The minimum atomic E-state index is 0. The van der Waals surface area contributed by atoms with Crippen LogP contribution < -0.4 is 17.0 Å². The molecule has 1 nitrogen and oxygen atoms in total. The van der Waals surface area contributed by atoms with E-state index in [9.17, 15) is 0 Å². The van der Waals surface area contributed by atoms with Crippen LogP contribution in [0.1, 0.15) is 136 Å². The summed E-state index contributed by atoms with van der Waals surface area (Å²) in [5.74, 6) is 0. The third-order valence-electron chi connectivity index (χ3n) is 6.15. The van der Waals surface area contributed by atoms with Gasteiger partial charge in [0.2, 0.25) is 0 Å². The summed E-state index contributed by atoms with van der Waals surface area (Å²) in [5.41, 5.74) is 0. The predicted molar refractivity (Wildman–Crippen MR) is 121 cm³/mol. The van der Waals surface area contributed by atoms with Crippen molar-refractivity contribution in [3.63, 3.8) is 0 Å². The fourth-order valence-corrected chi connectivity index (χ4v) is 4.10. The Morgan fingerprint density at radius 3 is 0.963 bits per heavy atom. The van der Waals surface area contributed by atoms with Crippen LogP contribution in [-0.4, -0.2) is 31.2 Å². The molecule has 0 spiro atoms. The molecule has 0 amide bonds. The molecule has 0 atom stereocenters.